The van der Waals surface area contributed by atoms with Crippen LogP contribution in [-0.4, -0.2) is 12.4 Å². The third-order valence-electron chi connectivity index (χ3n) is 3.05. The summed E-state index contributed by atoms with van der Waals surface area (Å²) in [5.74, 6) is 1.45. The first-order valence-corrected chi connectivity index (χ1v) is 7.40. The van der Waals surface area contributed by atoms with Crippen molar-refractivity contribution in [3.8, 4) is 0 Å². The van der Waals surface area contributed by atoms with Crippen molar-refractivity contribution < 1.29 is 0 Å². The molecule has 0 unspecified atom stereocenters. The molecule has 2 N–H and O–H groups in total. The van der Waals surface area contributed by atoms with Crippen LogP contribution < -0.4 is 5.73 Å². The quantitative estimate of drug-likeness (QED) is 0.669. The number of nitrogens with zero attached hydrogens (tertiary/aromatic N) is 1. The predicted molar refractivity (Wildman–Crippen MR) is 74.2 cm³/mol. The van der Waals surface area contributed by atoms with Crippen LogP contribution in [0.15, 0.2) is 20.9 Å². The van der Waals surface area contributed by atoms with Crippen molar-refractivity contribution in [2.24, 2.45) is 16.6 Å². The van der Waals surface area contributed by atoms with Crippen molar-refractivity contribution in [2.75, 3.05) is 6.54 Å². The van der Waals surface area contributed by atoms with Gasteiger partial charge in [0.1, 0.15) is 0 Å². The second-order valence-electron chi connectivity index (χ2n) is 4.24. The molecule has 0 aliphatic heterocycles. The van der Waals surface area contributed by atoms with Gasteiger partial charge in [0.15, 0.2) is 0 Å². The van der Waals surface area contributed by atoms with E-state index in [1.807, 2.05) is 0 Å². The fraction of sp³-hybridized carbons (Fsp3) is 0.583. The zero-order valence-electron chi connectivity index (χ0n) is 9.29. The summed E-state index contributed by atoms with van der Waals surface area (Å²) in [6.45, 7) is 0.829. The first-order chi connectivity index (χ1) is 7.75. The number of aliphatic imine (C=N–C) groups is 1. The Labute approximate surface area is 109 Å². The Morgan fingerprint density at radius 2 is 2.19 bits per heavy atom. The molecule has 1 aromatic heterocycles. The second-order valence-corrected chi connectivity index (χ2v) is 6.79. The van der Waals surface area contributed by atoms with E-state index in [0.29, 0.717) is 5.92 Å². The molecule has 0 saturated heterocycles. The summed E-state index contributed by atoms with van der Waals surface area (Å²) in [4.78, 5) is 5.87. The van der Waals surface area contributed by atoms with Gasteiger partial charge in [0.2, 0.25) is 0 Å². The number of thiophene rings is 1. The average Bonchev–Trinajstić information content (AvgIpc) is 2.89. The molecule has 1 heterocycles. The Morgan fingerprint density at radius 3 is 2.81 bits per heavy atom. The summed E-state index contributed by atoms with van der Waals surface area (Å²) in [6, 6.07) is 4.24. The first-order valence-electron chi connectivity index (χ1n) is 5.80. The Kier molecular flexibility index (Phi) is 4.41. The fourth-order valence-electron chi connectivity index (χ4n) is 2.13. The lowest BCUT2D eigenvalue weighted by Gasteiger charge is -2.07. The predicted octanol–water partition coefficient (Wildman–Crippen LogP) is 3.60. The molecule has 16 heavy (non-hydrogen) atoms. The van der Waals surface area contributed by atoms with E-state index in [1.54, 1.807) is 11.3 Å². The molecule has 1 saturated carbocycles. The van der Waals surface area contributed by atoms with Crippen molar-refractivity contribution in [2.45, 2.75) is 32.1 Å². The summed E-state index contributed by atoms with van der Waals surface area (Å²) in [7, 11) is 0. The van der Waals surface area contributed by atoms with Gasteiger partial charge < -0.3 is 5.73 Å². The summed E-state index contributed by atoms with van der Waals surface area (Å²) >= 11 is 5.24. The highest BCUT2D eigenvalue weighted by Gasteiger charge is 2.17. The molecule has 0 amide bonds. The van der Waals surface area contributed by atoms with E-state index in [2.05, 4.69) is 33.1 Å². The normalized spacial score (nSPS) is 18.2. The third kappa shape index (κ3) is 3.32. The lowest BCUT2D eigenvalue weighted by atomic mass is 10.1. The van der Waals surface area contributed by atoms with Crippen molar-refractivity contribution in [3.63, 3.8) is 0 Å². The van der Waals surface area contributed by atoms with E-state index in [4.69, 9.17) is 5.73 Å². The highest BCUT2D eigenvalue weighted by Crippen LogP contribution is 2.25. The number of hydrogen-bond acceptors (Lipinski definition) is 2. The van der Waals surface area contributed by atoms with Crippen molar-refractivity contribution in [1.82, 2.24) is 0 Å². The van der Waals surface area contributed by atoms with Crippen molar-refractivity contribution >= 4 is 33.1 Å². The third-order valence-corrected chi connectivity index (χ3v) is 4.74. The van der Waals surface area contributed by atoms with E-state index in [9.17, 15) is 0 Å². The maximum Gasteiger partial charge on any atom is 0.0968 e. The van der Waals surface area contributed by atoms with Crippen molar-refractivity contribution in [1.29, 1.82) is 0 Å². The molecule has 1 aromatic rings. The number of rotatable bonds is 4. The van der Waals surface area contributed by atoms with Gasteiger partial charge in [0.05, 0.1) is 9.62 Å². The molecule has 1 aliphatic rings. The summed E-state index contributed by atoms with van der Waals surface area (Å²) in [5, 5.41) is 0. The zero-order valence-corrected chi connectivity index (χ0v) is 11.7. The van der Waals surface area contributed by atoms with Gasteiger partial charge in [0, 0.05) is 23.8 Å². The monoisotopic (exact) mass is 300 g/mol. The van der Waals surface area contributed by atoms with Crippen LogP contribution in [-0.2, 0) is 6.42 Å². The van der Waals surface area contributed by atoms with Gasteiger partial charge in [-0.2, -0.15) is 0 Å². The van der Waals surface area contributed by atoms with Crippen LogP contribution >= 0.6 is 27.3 Å². The van der Waals surface area contributed by atoms with Gasteiger partial charge in [-0.15, -0.1) is 11.3 Å². The molecular formula is C12H17BrN2S. The van der Waals surface area contributed by atoms with Gasteiger partial charge >= 0.3 is 0 Å². The molecule has 2 nitrogen and oxygen atoms in total. The SMILES string of the molecule is NC(=NCCc1ccc(Br)s1)C1CCCC1. The summed E-state index contributed by atoms with van der Waals surface area (Å²) < 4.78 is 1.19. The topological polar surface area (TPSA) is 38.4 Å². The molecule has 1 fully saturated rings. The van der Waals surface area contributed by atoms with Gasteiger partial charge in [0.25, 0.3) is 0 Å². The standard InChI is InChI=1S/C12H17BrN2S/c13-11-6-5-10(16-11)7-8-15-12(14)9-3-1-2-4-9/h5-6,9H,1-4,7-8H2,(H2,14,15). The molecule has 88 valence electrons. The van der Waals surface area contributed by atoms with Gasteiger partial charge in [-0.05, 0) is 40.9 Å². The Bertz CT molecular complexity index is 367. The Morgan fingerprint density at radius 1 is 1.44 bits per heavy atom. The first kappa shape index (κ1) is 12.1. The fourth-order valence-corrected chi connectivity index (χ4v) is 3.60. The maximum absolute atomic E-state index is 5.99. The number of halogens is 1. The average molecular weight is 301 g/mol. The largest absolute Gasteiger partial charge is 0.387 e. The van der Waals surface area contributed by atoms with E-state index in [-0.39, 0.29) is 0 Å². The highest BCUT2D eigenvalue weighted by atomic mass is 79.9. The van der Waals surface area contributed by atoms with Crippen LogP contribution in [0.5, 0.6) is 0 Å². The number of nitrogens with two attached hydrogens (primary N) is 1. The number of amidine groups is 1. The molecule has 4 heteroatoms. The van der Waals surface area contributed by atoms with Crippen LogP contribution in [0.25, 0.3) is 0 Å². The van der Waals surface area contributed by atoms with Crippen LogP contribution in [0.1, 0.15) is 30.6 Å². The number of hydrogen-bond donors (Lipinski definition) is 1. The minimum absolute atomic E-state index is 0.565. The second kappa shape index (κ2) is 5.82. The summed E-state index contributed by atoms with van der Waals surface area (Å²) in [5.41, 5.74) is 5.99. The van der Waals surface area contributed by atoms with Gasteiger partial charge in [-0.3, -0.25) is 4.99 Å². The van der Waals surface area contributed by atoms with Crippen LogP contribution in [0.2, 0.25) is 0 Å². The smallest absolute Gasteiger partial charge is 0.0968 e. The highest BCUT2D eigenvalue weighted by molar-refractivity contribution is 9.11. The van der Waals surface area contributed by atoms with E-state index in [0.717, 1.165) is 18.8 Å². The van der Waals surface area contributed by atoms with E-state index >= 15 is 0 Å². The summed E-state index contributed by atoms with van der Waals surface area (Å²) in [6.07, 6.45) is 6.11. The molecule has 0 spiro atoms. The Hall–Kier alpha value is -0.350. The molecule has 2 rings (SSSR count). The zero-order chi connectivity index (χ0) is 11.4. The molecule has 0 aromatic carbocycles. The van der Waals surface area contributed by atoms with Crippen LogP contribution in [0.3, 0.4) is 0 Å². The molecule has 0 atom stereocenters. The van der Waals surface area contributed by atoms with Gasteiger partial charge in [-0.1, -0.05) is 12.8 Å². The lowest BCUT2D eigenvalue weighted by Crippen LogP contribution is -2.21. The minimum Gasteiger partial charge on any atom is -0.387 e. The molecular weight excluding hydrogens is 284 g/mol. The molecule has 0 bridgehead atoms. The van der Waals surface area contributed by atoms with Crippen molar-refractivity contribution in [3.05, 3.63) is 20.8 Å². The molecule has 1 aliphatic carbocycles. The van der Waals surface area contributed by atoms with E-state index in [1.165, 1.54) is 34.3 Å². The lowest BCUT2D eigenvalue weighted by molar-refractivity contribution is 0.715. The van der Waals surface area contributed by atoms with E-state index < -0.39 is 0 Å². The molecule has 0 radical (unpaired) electrons. The van der Waals surface area contributed by atoms with Crippen LogP contribution in [0.4, 0.5) is 0 Å². The maximum atomic E-state index is 5.99. The Balaban J connectivity index is 1.79. The minimum atomic E-state index is 0.565. The van der Waals surface area contributed by atoms with Crippen LogP contribution in [0, 0.1) is 5.92 Å². The van der Waals surface area contributed by atoms with Gasteiger partial charge in [-0.25, -0.2) is 0 Å².